The zero-order valence-corrected chi connectivity index (χ0v) is 10.4. The molecule has 96 valence electrons. The quantitative estimate of drug-likeness (QED) is 0.653. The van der Waals surface area contributed by atoms with Gasteiger partial charge >= 0.3 is 0 Å². The molecule has 1 atom stereocenters. The number of halogens is 2. The molecule has 0 unspecified atom stereocenters. The van der Waals surface area contributed by atoms with Crippen molar-refractivity contribution >= 4 is 18.1 Å². The first-order valence-electron chi connectivity index (χ1n) is 5.25. The molecule has 0 aromatic heterocycles. The molecule has 2 N–H and O–H groups in total. The minimum absolute atomic E-state index is 0. The van der Waals surface area contributed by atoms with E-state index in [0.29, 0.717) is 6.42 Å². The highest BCUT2D eigenvalue weighted by Gasteiger charge is 2.19. The van der Waals surface area contributed by atoms with Crippen LogP contribution >= 0.6 is 12.4 Å². The van der Waals surface area contributed by atoms with Crippen molar-refractivity contribution in [1.82, 2.24) is 0 Å². The smallest absolute Gasteiger partial charge is 0.274 e. The number of benzene rings is 1. The van der Waals surface area contributed by atoms with Crippen LogP contribution in [-0.4, -0.2) is 4.92 Å². The van der Waals surface area contributed by atoms with E-state index in [1.165, 1.54) is 0 Å². The van der Waals surface area contributed by atoms with E-state index < -0.39 is 16.8 Å². The lowest BCUT2D eigenvalue weighted by atomic mass is 10.0. The molecule has 0 saturated heterocycles. The van der Waals surface area contributed by atoms with Crippen LogP contribution < -0.4 is 5.73 Å². The molecule has 0 amide bonds. The van der Waals surface area contributed by atoms with E-state index in [4.69, 9.17) is 5.73 Å². The SMILES string of the molecule is CCCC[C@H](N)c1cc(F)ccc1[N+](=O)[O-].Cl. The van der Waals surface area contributed by atoms with Gasteiger partial charge in [0.1, 0.15) is 5.82 Å². The van der Waals surface area contributed by atoms with Crippen molar-refractivity contribution in [1.29, 1.82) is 0 Å². The van der Waals surface area contributed by atoms with Gasteiger partial charge in [0.2, 0.25) is 0 Å². The number of nitro benzene ring substituents is 1. The third-order valence-electron chi connectivity index (χ3n) is 2.45. The first kappa shape index (κ1) is 15.8. The average molecular weight is 263 g/mol. The number of hydrogen-bond acceptors (Lipinski definition) is 3. The normalized spacial score (nSPS) is 11.7. The maximum atomic E-state index is 13.0. The molecular weight excluding hydrogens is 247 g/mol. The van der Waals surface area contributed by atoms with Crippen LogP contribution in [-0.2, 0) is 0 Å². The van der Waals surface area contributed by atoms with Crippen molar-refractivity contribution < 1.29 is 9.31 Å². The van der Waals surface area contributed by atoms with Gasteiger partial charge in [0, 0.05) is 17.7 Å². The van der Waals surface area contributed by atoms with E-state index in [0.717, 1.165) is 31.0 Å². The van der Waals surface area contributed by atoms with Crippen molar-refractivity contribution in [2.24, 2.45) is 5.73 Å². The molecule has 17 heavy (non-hydrogen) atoms. The molecule has 0 aliphatic heterocycles. The van der Waals surface area contributed by atoms with Gasteiger partial charge in [-0.15, -0.1) is 12.4 Å². The molecule has 1 rings (SSSR count). The van der Waals surface area contributed by atoms with Crippen LogP contribution in [0, 0.1) is 15.9 Å². The number of nitrogens with two attached hydrogens (primary N) is 1. The van der Waals surface area contributed by atoms with Gasteiger partial charge in [0.15, 0.2) is 0 Å². The third kappa shape index (κ3) is 4.28. The number of nitro groups is 1. The van der Waals surface area contributed by atoms with Crippen molar-refractivity contribution in [3.63, 3.8) is 0 Å². The van der Waals surface area contributed by atoms with Gasteiger partial charge in [0.25, 0.3) is 5.69 Å². The van der Waals surface area contributed by atoms with Crippen LogP contribution in [0.3, 0.4) is 0 Å². The summed E-state index contributed by atoms with van der Waals surface area (Å²) < 4.78 is 13.0. The first-order valence-corrected chi connectivity index (χ1v) is 5.25. The van der Waals surface area contributed by atoms with E-state index in [1.54, 1.807) is 0 Å². The molecule has 0 bridgehead atoms. The Morgan fingerprint density at radius 3 is 2.71 bits per heavy atom. The molecule has 0 spiro atoms. The Hall–Kier alpha value is -1.20. The standard InChI is InChI=1S/C11H15FN2O2.ClH/c1-2-3-4-10(13)9-7-8(12)5-6-11(9)14(15)16;/h5-7,10H,2-4,13H2,1H3;1H/t10-;/m0./s1. The topological polar surface area (TPSA) is 69.2 Å². The van der Waals surface area contributed by atoms with Gasteiger partial charge < -0.3 is 5.73 Å². The van der Waals surface area contributed by atoms with Gasteiger partial charge in [-0.2, -0.15) is 0 Å². The molecule has 0 aliphatic carbocycles. The molecular formula is C11H16ClFN2O2. The maximum absolute atomic E-state index is 13.0. The zero-order valence-electron chi connectivity index (χ0n) is 9.56. The van der Waals surface area contributed by atoms with Gasteiger partial charge in [0.05, 0.1) is 4.92 Å². The van der Waals surface area contributed by atoms with E-state index in [9.17, 15) is 14.5 Å². The highest BCUT2D eigenvalue weighted by Crippen LogP contribution is 2.27. The van der Waals surface area contributed by atoms with Crippen LogP contribution in [0.5, 0.6) is 0 Å². The van der Waals surface area contributed by atoms with Crippen LogP contribution in [0.1, 0.15) is 37.8 Å². The molecule has 1 aromatic rings. The Morgan fingerprint density at radius 2 is 2.18 bits per heavy atom. The molecule has 1 aromatic carbocycles. The van der Waals surface area contributed by atoms with Gasteiger partial charge in [-0.25, -0.2) is 4.39 Å². The van der Waals surface area contributed by atoms with E-state index in [1.807, 2.05) is 6.92 Å². The highest BCUT2D eigenvalue weighted by molar-refractivity contribution is 5.85. The Kier molecular flexibility index (Phi) is 6.68. The third-order valence-corrected chi connectivity index (χ3v) is 2.45. The van der Waals surface area contributed by atoms with E-state index in [-0.39, 0.29) is 23.7 Å². The van der Waals surface area contributed by atoms with Gasteiger partial charge in [-0.05, 0) is 18.6 Å². The van der Waals surface area contributed by atoms with Crippen LogP contribution in [0.2, 0.25) is 0 Å². The van der Waals surface area contributed by atoms with Crippen molar-refractivity contribution in [2.75, 3.05) is 0 Å². The van der Waals surface area contributed by atoms with Crippen molar-refractivity contribution in [2.45, 2.75) is 32.2 Å². The minimum atomic E-state index is -0.527. The Labute approximate surface area is 106 Å². The molecule has 0 radical (unpaired) electrons. The van der Waals surface area contributed by atoms with Crippen LogP contribution in [0.15, 0.2) is 18.2 Å². The summed E-state index contributed by atoms with van der Waals surface area (Å²) in [5.74, 6) is -0.493. The van der Waals surface area contributed by atoms with Crippen LogP contribution in [0.25, 0.3) is 0 Å². The maximum Gasteiger partial charge on any atom is 0.274 e. The average Bonchev–Trinajstić information content (AvgIpc) is 2.25. The second kappa shape index (κ2) is 7.19. The summed E-state index contributed by atoms with van der Waals surface area (Å²) in [6.07, 6.45) is 2.45. The lowest BCUT2D eigenvalue weighted by Gasteiger charge is -2.11. The van der Waals surface area contributed by atoms with Crippen molar-refractivity contribution in [3.05, 3.63) is 39.7 Å². The summed E-state index contributed by atoms with van der Waals surface area (Å²) in [6, 6.07) is 2.92. The van der Waals surface area contributed by atoms with E-state index >= 15 is 0 Å². The largest absolute Gasteiger partial charge is 0.324 e. The number of nitrogens with zero attached hydrogens (tertiary/aromatic N) is 1. The fraction of sp³-hybridized carbons (Fsp3) is 0.455. The number of rotatable bonds is 5. The molecule has 6 heteroatoms. The zero-order chi connectivity index (χ0) is 12.1. The molecule has 0 heterocycles. The van der Waals surface area contributed by atoms with Gasteiger partial charge in [-0.3, -0.25) is 10.1 Å². The summed E-state index contributed by atoms with van der Waals surface area (Å²) in [5.41, 5.74) is 5.99. The fourth-order valence-electron chi connectivity index (χ4n) is 1.57. The predicted octanol–water partition coefficient (Wildman–Crippen LogP) is 3.35. The highest BCUT2D eigenvalue weighted by atomic mass is 35.5. The fourth-order valence-corrected chi connectivity index (χ4v) is 1.57. The summed E-state index contributed by atoms with van der Waals surface area (Å²) in [4.78, 5) is 10.2. The molecule has 0 aliphatic rings. The Bertz CT molecular complexity index is 388. The Balaban J connectivity index is 0.00000256. The first-order chi connectivity index (χ1) is 7.56. The lowest BCUT2D eigenvalue weighted by Crippen LogP contribution is -2.12. The van der Waals surface area contributed by atoms with E-state index in [2.05, 4.69) is 0 Å². The predicted molar refractivity (Wildman–Crippen MR) is 66.8 cm³/mol. The van der Waals surface area contributed by atoms with Crippen LogP contribution in [0.4, 0.5) is 10.1 Å². The summed E-state index contributed by atoms with van der Waals surface area (Å²) >= 11 is 0. The second-order valence-corrected chi connectivity index (χ2v) is 3.71. The summed E-state index contributed by atoms with van der Waals surface area (Å²) in [5, 5.41) is 10.7. The monoisotopic (exact) mass is 262 g/mol. The summed E-state index contributed by atoms with van der Waals surface area (Å²) in [6.45, 7) is 2.01. The van der Waals surface area contributed by atoms with Gasteiger partial charge in [-0.1, -0.05) is 19.8 Å². The molecule has 0 saturated carbocycles. The molecule has 4 nitrogen and oxygen atoms in total. The van der Waals surface area contributed by atoms with Crippen molar-refractivity contribution in [3.8, 4) is 0 Å². The Morgan fingerprint density at radius 1 is 1.53 bits per heavy atom. The number of hydrogen-bond donors (Lipinski definition) is 1. The molecule has 0 fully saturated rings. The summed E-state index contributed by atoms with van der Waals surface area (Å²) in [7, 11) is 0. The lowest BCUT2D eigenvalue weighted by molar-refractivity contribution is -0.385. The number of unbranched alkanes of at least 4 members (excludes halogenated alkanes) is 1. The second-order valence-electron chi connectivity index (χ2n) is 3.71. The minimum Gasteiger partial charge on any atom is -0.324 e.